The van der Waals surface area contributed by atoms with Crippen molar-refractivity contribution in [3.8, 4) is 0 Å². The van der Waals surface area contributed by atoms with Crippen molar-refractivity contribution in [2.75, 3.05) is 45.9 Å². The molecule has 7 heteroatoms. The highest BCUT2D eigenvalue weighted by atomic mass is 16.5. The Kier molecular flexibility index (Phi) is 5.77. The zero-order chi connectivity index (χ0) is 15.2. The number of morpholine rings is 1. The Balaban J connectivity index is 1.49. The van der Waals surface area contributed by atoms with E-state index in [0.717, 1.165) is 52.5 Å². The molecule has 0 saturated carbocycles. The van der Waals surface area contributed by atoms with E-state index in [1.165, 1.54) is 19.3 Å². The minimum atomic E-state index is -0.297. The molecule has 2 atom stereocenters. The average molecular weight is 309 g/mol. The summed E-state index contributed by atoms with van der Waals surface area (Å²) >= 11 is 0. The molecule has 0 spiro atoms. The second-order valence-electron chi connectivity index (χ2n) is 6.33. The summed E-state index contributed by atoms with van der Waals surface area (Å²) in [6.07, 6.45) is 6.71. The van der Waals surface area contributed by atoms with E-state index in [1.54, 1.807) is 12.7 Å². The smallest absolute Gasteiger partial charge is 0.137 e. The van der Waals surface area contributed by atoms with Gasteiger partial charge in [-0.25, -0.2) is 4.98 Å². The standard InChI is InChI=1S/C15H27N5O2/c21-15(10-18-5-7-22-8-6-18)11-19-4-2-1-3-14(19)9-20-13-16-12-17-20/h12-15,21H,1-11H2/t14-,15+/m0/s1. The number of hydrogen-bond acceptors (Lipinski definition) is 6. The molecule has 3 rings (SSSR count). The molecule has 22 heavy (non-hydrogen) atoms. The van der Waals surface area contributed by atoms with Crippen LogP contribution >= 0.6 is 0 Å². The molecule has 2 aliphatic rings. The van der Waals surface area contributed by atoms with Crippen LogP contribution in [0.1, 0.15) is 19.3 Å². The summed E-state index contributed by atoms with van der Waals surface area (Å²) in [5.74, 6) is 0. The van der Waals surface area contributed by atoms with E-state index < -0.39 is 0 Å². The van der Waals surface area contributed by atoms with Crippen molar-refractivity contribution in [1.29, 1.82) is 0 Å². The molecule has 1 aromatic heterocycles. The van der Waals surface area contributed by atoms with Gasteiger partial charge in [-0.3, -0.25) is 14.5 Å². The van der Waals surface area contributed by atoms with Crippen molar-refractivity contribution in [3.63, 3.8) is 0 Å². The number of aliphatic hydroxyl groups excluding tert-OH is 1. The Hall–Kier alpha value is -1.02. The molecule has 0 unspecified atom stereocenters. The van der Waals surface area contributed by atoms with E-state index in [1.807, 2.05) is 4.68 Å². The summed E-state index contributed by atoms with van der Waals surface area (Å²) in [4.78, 5) is 8.74. The molecule has 2 fully saturated rings. The van der Waals surface area contributed by atoms with Gasteiger partial charge in [0, 0.05) is 32.2 Å². The summed E-state index contributed by atoms with van der Waals surface area (Å²) in [6, 6.07) is 0.454. The van der Waals surface area contributed by atoms with Gasteiger partial charge < -0.3 is 9.84 Å². The lowest BCUT2D eigenvalue weighted by molar-refractivity contribution is -0.00184. The van der Waals surface area contributed by atoms with Gasteiger partial charge in [-0.15, -0.1) is 0 Å². The Bertz CT molecular complexity index is 422. The van der Waals surface area contributed by atoms with Crippen molar-refractivity contribution in [1.82, 2.24) is 24.6 Å². The van der Waals surface area contributed by atoms with Gasteiger partial charge in [-0.1, -0.05) is 6.42 Å². The first kappa shape index (κ1) is 15.9. The van der Waals surface area contributed by atoms with Crippen LogP contribution in [-0.4, -0.2) is 87.8 Å². The fourth-order valence-corrected chi connectivity index (χ4v) is 3.46. The molecule has 2 aliphatic heterocycles. The van der Waals surface area contributed by atoms with Crippen molar-refractivity contribution >= 4 is 0 Å². The van der Waals surface area contributed by atoms with E-state index in [2.05, 4.69) is 19.9 Å². The quantitative estimate of drug-likeness (QED) is 0.787. The van der Waals surface area contributed by atoms with Crippen molar-refractivity contribution in [2.45, 2.75) is 38.0 Å². The van der Waals surface area contributed by atoms with Gasteiger partial charge in [0.1, 0.15) is 12.7 Å². The van der Waals surface area contributed by atoms with Gasteiger partial charge in [0.15, 0.2) is 0 Å². The van der Waals surface area contributed by atoms with E-state index in [9.17, 15) is 5.11 Å². The number of rotatable bonds is 6. The molecule has 1 aromatic rings. The molecule has 7 nitrogen and oxygen atoms in total. The second kappa shape index (κ2) is 8.01. The minimum Gasteiger partial charge on any atom is -0.390 e. The van der Waals surface area contributed by atoms with E-state index in [0.29, 0.717) is 6.04 Å². The molecule has 0 aromatic carbocycles. The van der Waals surface area contributed by atoms with Crippen LogP contribution in [0.5, 0.6) is 0 Å². The van der Waals surface area contributed by atoms with Crippen LogP contribution in [-0.2, 0) is 11.3 Å². The molecule has 3 heterocycles. The predicted molar refractivity (Wildman–Crippen MR) is 82.5 cm³/mol. The fourth-order valence-electron chi connectivity index (χ4n) is 3.46. The summed E-state index contributed by atoms with van der Waals surface area (Å²) < 4.78 is 7.26. The molecule has 2 saturated heterocycles. The maximum Gasteiger partial charge on any atom is 0.137 e. The molecule has 1 N–H and O–H groups in total. The molecule has 0 radical (unpaired) electrons. The Morgan fingerprint density at radius 2 is 2.05 bits per heavy atom. The number of piperidine rings is 1. The Labute approximate surface area is 131 Å². The number of aliphatic hydroxyl groups is 1. The SMILES string of the molecule is O[C@H](CN1CCOCC1)CN1CCCC[C@H]1Cn1cncn1. The molecular formula is C15H27N5O2. The topological polar surface area (TPSA) is 66.7 Å². The van der Waals surface area contributed by atoms with Gasteiger partial charge >= 0.3 is 0 Å². The van der Waals surface area contributed by atoms with Gasteiger partial charge in [0.2, 0.25) is 0 Å². The molecular weight excluding hydrogens is 282 g/mol. The highest BCUT2D eigenvalue weighted by Gasteiger charge is 2.26. The molecule has 124 valence electrons. The van der Waals surface area contributed by atoms with Gasteiger partial charge in [-0.05, 0) is 19.4 Å². The van der Waals surface area contributed by atoms with Crippen molar-refractivity contribution in [2.24, 2.45) is 0 Å². The normalized spacial score (nSPS) is 26.1. The third-order valence-electron chi connectivity index (χ3n) is 4.63. The summed E-state index contributed by atoms with van der Waals surface area (Å²) in [5, 5.41) is 14.7. The maximum atomic E-state index is 10.4. The van der Waals surface area contributed by atoms with Crippen LogP contribution in [0.15, 0.2) is 12.7 Å². The van der Waals surface area contributed by atoms with Crippen LogP contribution in [0.4, 0.5) is 0 Å². The van der Waals surface area contributed by atoms with Gasteiger partial charge in [0.25, 0.3) is 0 Å². The summed E-state index contributed by atoms with van der Waals surface area (Å²) in [6.45, 7) is 6.85. The first-order valence-corrected chi connectivity index (χ1v) is 8.36. The largest absolute Gasteiger partial charge is 0.390 e. The highest BCUT2D eigenvalue weighted by molar-refractivity contribution is 4.80. The zero-order valence-corrected chi connectivity index (χ0v) is 13.2. The van der Waals surface area contributed by atoms with Crippen molar-refractivity contribution < 1.29 is 9.84 Å². The fraction of sp³-hybridized carbons (Fsp3) is 0.867. The minimum absolute atomic E-state index is 0.297. The van der Waals surface area contributed by atoms with Crippen LogP contribution in [0, 0.1) is 0 Å². The van der Waals surface area contributed by atoms with Crippen LogP contribution in [0.3, 0.4) is 0 Å². The van der Waals surface area contributed by atoms with Crippen LogP contribution in [0.2, 0.25) is 0 Å². The summed E-state index contributed by atoms with van der Waals surface area (Å²) in [7, 11) is 0. The lowest BCUT2D eigenvalue weighted by atomic mass is 10.0. The zero-order valence-electron chi connectivity index (χ0n) is 13.2. The number of nitrogens with zero attached hydrogens (tertiary/aromatic N) is 5. The van der Waals surface area contributed by atoms with Gasteiger partial charge in [-0.2, -0.15) is 5.10 Å². The van der Waals surface area contributed by atoms with Crippen LogP contribution < -0.4 is 0 Å². The average Bonchev–Trinajstić information content (AvgIpc) is 3.03. The maximum absolute atomic E-state index is 10.4. The second-order valence-corrected chi connectivity index (χ2v) is 6.33. The van der Waals surface area contributed by atoms with Crippen molar-refractivity contribution in [3.05, 3.63) is 12.7 Å². The third-order valence-corrected chi connectivity index (χ3v) is 4.63. The highest BCUT2D eigenvalue weighted by Crippen LogP contribution is 2.18. The Morgan fingerprint density at radius 3 is 2.82 bits per heavy atom. The van der Waals surface area contributed by atoms with E-state index in [4.69, 9.17) is 4.74 Å². The lowest BCUT2D eigenvalue weighted by Crippen LogP contribution is -2.49. The van der Waals surface area contributed by atoms with E-state index >= 15 is 0 Å². The van der Waals surface area contributed by atoms with Crippen LogP contribution in [0.25, 0.3) is 0 Å². The lowest BCUT2D eigenvalue weighted by Gasteiger charge is -2.38. The monoisotopic (exact) mass is 309 g/mol. The molecule has 0 bridgehead atoms. The predicted octanol–water partition coefficient (Wildman–Crippen LogP) is -0.174. The third kappa shape index (κ3) is 4.49. The number of β-amino-alcohol motifs (C(OH)–C–C–N with tert-alkyl or cyclic N) is 1. The molecule has 0 aliphatic carbocycles. The Morgan fingerprint density at radius 1 is 1.18 bits per heavy atom. The first-order valence-electron chi connectivity index (χ1n) is 8.36. The first-order chi connectivity index (χ1) is 10.8. The molecule has 0 amide bonds. The number of hydrogen-bond donors (Lipinski definition) is 1. The number of likely N-dealkylation sites (tertiary alicyclic amines) is 1. The summed E-state index contributed by atoms with van der Waals surface area (Å²) in [5.41, 5.74) is 0. The van der Waals surface area contributed by atoms with Gasteiger partial charge in [0.05, 0.1) is 25.9 Å². The van der Waals surface area contributed by atoms with E-state index in [-0.39, 0.29) is 6.10 Å². The number of ether oxygens (including phenoxy) is 1. The number of aromatic nitrogens is 3.